The summed E-state index contributed by atoms with van der Waals surface area (Å²) in [5.74, 6) is 1.64. The van der Waals surface area contributed by atoms with Crippen LogP contribution in [0.1, 0.15) is 20.3 Å². The largest absolute Gasteiger partial charge is 0.307 e. The Morgan fingerprint density at radius 2 is 2.44 bits per heavy atom. The first-order valence-electron chi connectivity index (χ1n) is 3.59. The second-order valence-corrected chi connectivity index (χ2v) is 3.19. The van der Waals surface area contributed by atoms with Gasteiger partial charge in [-0.3, -0.25) is 0 Å². The maximum Gasteiger partial charge on any atom is 0.0478 e. The first-order valence-corrected chi connectivity index (χ1v) is 3.59. The van der Waals surface area contributed by atoms with Gasteiger partial charge < -0.3 is 5.43 Å². The first-order chi connectivity index (χ1) is 4.29. The third-order valence-corrected chi connectivity index (χ3v) is 2.72. The lowest BCUT2D eigenvalue weighted by atomic mass is 9.67. The van der Waals surface area contributed by atoms with E-state index >= 15 is 0 Å². The van der Waals surface area contributed by atoms with Gasteiger partial charge in [0.15, 0.2) is 0 Å². The molecule has 0 radical (unpaired) electrons. The molecule has 0 aromatic heterocycles. The lowest BCUT2D eigenvalue weighted by Gasteiger charge is -2.46. The van der Waals surface area contributed by atoms with Gasteiger partial charge in [-0.2, -0.15) is 5.10 Å². The van der Waals surface area contributed by atoms with Gasteiger partial charge in [0.05, 0.1) is 0 Å². The van der Waals surface area contributed by atoms with Gasteiger partial charge in [0.25, 0.3) is 0 Å². The molecule has 0 aromatic carbocycles. The second-order valence-electron chi connectivity index (χ2n) is 3.19. The number of rotatable bonds is 0. The van der Waals surface area contributed by atoms with Crippen LogP contribution in [0.3, 0.4) is 0 Å². The highest BCUT2D eigenvalue weighted by atomic mass is 15.3. The Hall–Kier alpha value is -0.530. The Bertz CT molecular complexity index is 162. The highest BCUT2D eigenvalue weighted by molar-refractivity contribution is 5.86. The number of nitrogens with one attached hydrogen (secondary N) is 1. The molecule has 1 fully saturated rings. The van der Waals surface area contributed by atoms with Crippen molar-refractivity contribution in [3.63, 3.8) is 0 Å². The number of hydrogen-bond donors (Lipinski definition) is 1. The van der Waals surface area contributed by atoms with Crippen molar-refractivity contribution in [2.45, 2.75) is 26.3 Å². The number of nitrogens with zero attached hydrogens (tertiary/aromatic N) is 1. The fraction of sp³-hybridized carbons (Fsp3) is 0.857. The Morgan fingerprint density at radius 3 is 2.78 bits per heavy atom. The smallest absolute Gasteiger partial charge is 0.0478 e. The van der Waals surface area contributed by atoms with E-state index in [4.69, 9.17) is 0 Å². The van der Waals surface area contributed by atoms with E-state index in [9.17, 15) is 0 Å². The van der Waals surface area contributed by atoms with Gasteiger partial charge in [-0.25, -0.2) is 0 Å². The summed E-state index contributed by atoms with van der Waals surface area (Å²) >= 11 is 0. The van der Waals surface area contributed by atoms with Crippen LogP contribution in [0.5, 0.6) is 0 Å². The van der Waals surface area contributed by atoms with E-state index in [1.807, 2.05) is 0 Å². The van der Waals surface area contributed by atoms with Gasteiger partial charge in [-0.1, -0.05) is 6.92 Å². The maximum absolute atomic E-state index is 4.18. The van der Waals surface area contributed by atoms with Crippen LogP contribution in [0.15, 0.2) is 5.10 Å². The highest BCUT2D eigenvalue weighted by Gasteiger charge is 2.42. The lowest BCUT2D eigenvalue weighted by Crippen LogP contribution is -2.54. The molecule has 3 atom stereocenters. The van der Waals surface area contributed by atoms with Crippen molar-refractivity contribution in [3.05, 3.63) is 0 Å². The molecule has 50 valence electrons. The molecule has 1 saturated carbocycles. The minimum Gasteiger partial charge on any atom is -0.307 e. The van der Waals surface area contributed by atoms with Crippen molar-refractivity contribution in [1.29, 1.82) is 0 Å². The van der Waals surface area contributed by atoms with E-state index in [1.54, 1.807) is 0 Å². The molecule has 0 spiro atoms. The minimum absolute atomic E-state index is 0.693. The van der Waals surface area contributed by atoms with Crippen LogP contribution in [0, 0.1) is 11.8 Å². The summed E-state index contributed by atoms with van der Waals surface area (Å²) in [6.07, 6.45) is 1.32. The van der Waals surface area contributed by atoms with Gasteiger partial charge in [0.2, 0.25) is 0 Å². The van der Waals surface area contributed by atoms with E-state index in [0.29, 0.717) is 6.04 Å². The molecular formula is C7H12N2. The Kier molecular flexibility index (Phi) is 0.875. The molecule has 2 heterocycles. The minimum atomic E-state index is 0.693. The van der Waals surface area contributed by atoms with Crippen LogP contribution in [0.25, 0.3) is 0 Å². The normalized spacial score (nSPS) is 46.9. The van der Waals surface area contributed by atoms with Crippen molar-refractivity contribution < 1.29 is 0 Å². The number of hydrazone groups is 1. The summed E-state index contributed by atoms with van der Waals surface area (Å²) in [6, 6.07) is 0.693. The quantitative estimate of drug-likeness (QED) is 0.511. The summed E-state index contributed by atoms with van der Waals surface area (Å²) in [7, 11) is 0. The Balaban J connectivity index is 2.22. The van der Waals surface area contributed by atoms with E-state index < -0.39 is 0 Å². The van der Waals surface area contributed by atoms with Gasteiger partial charge in [-0.05, 0) is 19.3 Å². The Morgan fingerprint density at radius 1 is 1.67 bits per heavy atom. The highest BCUT2D eigenvalue weighted by Crippen LogP contribution is 2.37. The van der Waals surface area contributed by atoms with Gasteiger partial charge in [0, 0.05) is 17.7 Å². The molecule has 3 unspecified atom stereocenters. The zero-order valence-electron chi connectivity index (χ0n) is 5.89. The third-order valence-electron chi connectivity index (χ3n) is 2.72. The summed E-state index contributed by atoms with van der Waals surface area (Å²) in [4.78, 5) is 0. The molecule has 2 nitrogen and oxygen atoms in total. The van der Waals surface area contributed by atoms with Crippen LogP contribution in [0.2, 0.25) is 0 Å². The lowest BCUT2D eigenvalue weighted by molar-refractivity contribution is 0.158. The molecule has 3 rings (SSSR count). The fourth-order valence-electron chi connectivity index (χ4n) is 1.78. The van der Waals surface area contributed by atoms with Gasteiger partial charge in [0.1, 0.15) is 0 Å². The fourth-order valence-corrected chi connectivity index (χ4v) is 1.78. The third kappa shape index (κ3) is 0.533. The average molecular weight is 124 g/mol. The van der Waals surface area contributed by atoms with Crippen LogP contribution in [-0.2, 0) is 0 Å². The molecule has 2 heteroatoms. The zero-order valence-corrected chi connectivity index (χ0v) is 5.89. The van der Waals surface area contributed by atoms with Crippen molar-refractivity contribution in [3.8, 4) is 0 Å². The van der Waals surface area contributed by atoms with Crippen LogP contribution >= 0.6 is 0 Å². The molecule has 9 heavy (non-hydrogen) atoms. The number of hydrogen-bond acceptors (Lipinski definition) is 2. The molecule has 0 saturated heterocycles. The predicted molar refractivity (Wildman–Crippen MR) is 37.3 cm³/mol. The van der Waals surface area contributed by atoms with E-state index in [-0.39, 0.29) is 0 Å². The monoisotopic (exact) mass is 124 g/mol. The standard InChI is InChI=1S/C7H12N2/c1-4-6-3-7(4)9-8-5(6)2/h4,6-7,9H,3H2,1-2H3. The molecule has 1 N–H and O–H groups in total. The topological polar surface area (TPSA) is 24.4 Å². The van der Waals surface area contributed by atoms with E-state index in [2.05, 4.69) is 24.4 Å². The predicted octanol–water partition coefficient (Wildman–Crippen LogP) is 0.990. The summed E-state index contributed by atoms with van der Waals surface area (Å²) in [5, 5.41) is 4.18. The molecule has 1 aliphatic carbocycles. The van der Waals surface area contributed by atoms with Crippen molar-refractivity contribution >= 4 is 5.71 Å². The molecule has 2 bridgehead atoms. The van der Waals surface area contributed by atoms with E-state index in [1.165, 1.54) is 12.1 Å². The van der Waals surface area contributed by atoms with E-state index in [0.717, 1.165) is 11.8 Å². The van der Waals surface area contributed by atoms with Crippen molar-refractivity contribution in [2.24, 2.45) is 16.9 Å². The van der Waals surface area contributed by atoms with Crippen LogP contribution < -0.4 is 5.43 Å². The first kappa shape index (κ1) is 5.27. The Labute approximate surface area is 55.3 Å². The molecule has 0 amide bonds. The molecule has 0 aromatic rings. The van der Waals surface area contributed by atoms with Gasteiger partial charge >= 0.3 is 0 Å². The van der Waals surface area contributed by atoms with Gasteiger partial charge in [-0.15, -0.1) is 0 Å². The number of fused-ring (bicyclic) bond motifs is 1. The van der Waals surface area contributed by atoms with Crippen molar-refractivity contribution in [2.75, 3.05) is 0 Å². The maximum atomic E-state index is 4.18. The molecule has 2 aliphatic heterocycles. The van der Waals surface area contributed by atoms with Crippen LogP contribution in [0.4, 0.5) is 0 Å². The second kappa shape index (κ2) is 1.49. The summed E-state index contributed by atoms with van der Waals surface area (Å²) in [6.45, 7) is 4.41. The zero-order chi connectivity index (χ0) is 6.43. The average Bonchev–Trinajstić information content (AvgIpc) is 1.86. The summed E-state index contributed by atoms with van der Waals surface area (Å²) < 4.78 is 0. The molecule has 3 aliphatic rings. The summed E-state index contributed by atoms with van der Waals surface area (Å²) in [5.41, 5.74) is 4.43. The van der Waals surface area contributed by atoms with Crippen molar-refractivity contribution in [1.82, 2.24) is 5.43 Å². The molecular weight excluding hydrogens is 112 g/mol. The SMILES string of the molecule is CC1=NNC2CC1C2C. The van der Waals surface area contributed by atoms with Crippen LogP contribution in [-0.4, -0.2) is 11.8 Å².